The van der Waals surface area contributed by atoms with Crippen LogP contribution in [-0.4, -0.2) is 0 Å². The quantitative estimate of drug-likeness (QED) is 0.152. The van der Waals surface area contributed by atoms with Gasteiger partial charge in [0.2, 0.25) is 0 Å². The molecule has 0 spiro atoms. The molecule has 0 N–H and O–H groups in total. The zero-order chi connectivity index (χ0) is 42.1. The van der Waals surface area contributed by atoms with Gasteiger partial charge in [0, 0.05) is 0 Å². The summed E-state index contributed by atoms with van der Waals surface area (Å²) in [6.45, 7) is 0. The van der Waals surface area contributed by atoms with Gasteiger partial charge in [-0.05, 0) is 149 Å². The fourth-order valence-corrected chi connectivity index (χ4v) is 10.8. The zero-order valence-electron chi connectivity index (χ0n) is 35.1. The number of hydrogen-bond acceptors (Lipinski definition) is 0. The van der Waals surface area contributed by atoms with Crippen molar-refractivity contribution in [2.75, 3.05) is 0 Å². The topological polar surface area (TPSA) is 0 Å². The van der Waals surface area contributed by atoms with E-state index in [1.807, 2.05) is 0 Å². The Balaban J connectivity index is 1.00. The minimum absolute atomic E-state index is 1.20. The van der Waals surface area contributed by atoms with Gasteiger partial charge in [0.25, 0.3) is 0 Å². The van der Waals surface area contributed by atoms with Crippen molar-refractivity contribution in [2.24, 2.45) is 0 Å². The van der Waals surface area contributed by atoms with Crippen LogP contribution in [0.4, 0.5) is 0 Å². The standard InChI is InChI=1S/C64H40/c1-2-18-44-38-48(37-34-41(44)16-1)62-53-26-7-11-30-57(53)64(58-31-12-8-27-54(58)62)59-33-15-20-43-35-36-46(40-60(43)59)45-21-13-22-47(39-45)61-51-24-5-9-28-55(51)63(56-29-10-6-25-52(56)61)50-32-14-19-42-17-3-4-23-49(42)50/h1-40H. The molecule has 0 saturated carbocycles. The first kappa shape index (κ1) is 36.3. The Morgan fingerprint density at radius 3 is 1.06 bits per heavy atom. The lowest BCUT2D eigenvalue weighted by atomic mass is 9.83. The Bertz CT molecular complexity index is 3900. The van der Waals surface area contributed by atoms with Crippen LogP contribution in [0.1, 0.15) is 0 Å². The Hall–Kier alpha value is -8.32. The molecule has 13 aromatic rings. The van der Waals surface area contributed by atoms with Crippen LogP contribution in [0, 0.1) is 0 Å². The smallest absolute Gasteiger partial charge is 0.00201 e. The monoisotopic (exact) mass is 808 g/mol. The molecule has 0 nitrogen and oxygen atoms in total. The van der Waals surface area contributed by atoms with Gasteiger partial charge >= 0.3 is 0 Å². The number of benzene rings is 13. The molecule has 13 aromatic carbocycles. The molecule has 0 aliphatic heterocycles. The molecule has 64 heavy (non-hydrogen) atoms. The summed E-state index contributed by atoms with van der Waals surface area (Å²) in [4.78, 5) is 0. The van der Waals surface area contributed by atoms with Gasteiger partial charge in [-0.2, -0.15) is 0 Å². The van der Waals surface area contributed by atoms with Crippen molar-refractivity contribution in [3.05, 3.63) is 243 Å². The maximum absolute atomic E-state index is 2.42. The van der Waals surface area contributed by atoms with Crippen LogP contribution >= 0.6 is 0 Å². The third kappa shape index (κ3) is 5.70. The highest BCUT2D eigenvalue weighted by molar-refractivity contribution is 6.25. The highest BCUT2D eigenvalue weighted by Gasteiger charge is 2.20. The van der Waals surface area contributed by atoms with Crippen LogP contribution in [0.5, 0.6) is 0 Å². The van der Waals surface area contributed by atoms with Crippen LogP contribution in [0.15, 0.2) is 243 Å². The average Bonchev–Trinajstić information content (AvgIpc) is 3.36. The summed E-state index contributed by atoms with van der Waals surface area (Å²) in [5, 5.41) is 17.6. The maximum atomic E-state index is 2.42. The van der Waals surface area contributed by atoms with Crippen molar-refractivity contribution in [1.29, 1.82) is 0 Å². The van der Waals surface area contributed by atoms with Crippen molar-refractivity contribution in [3.8, 4) is 55.6 Å². The summed E-state index contributed by atoms with van der Waals surface area (Å²) in [7, 11) is 0. The fourth-order valence-electron chi connectivity index (χ4n) is 10.8. The van der Waals surface area contributed by atoms with Crippen LogP contribution < -0.4 is 0 Å². The van der Waals surface area contributed by atoms with Crippen LogP contribution in [0.25, 0.3) is 131 Å². The molecule has 0 atom stereocenters. The van der Waals surface area contributed by atoms with Gasteiger partial charge in [-0.25, -0.2) is 0 Å². The van der Waals surface area contributed by atoms with Crippen LogP contribution in [0.3, 0.4) is 0 Å². The van der Waals surface area contributed by atoms with E-state index in [1.54, 1.807) is 0 Å². The van der Waals surface area contributed by atoms with E-state index in [0.717, 1.165) is 0 Å². The first-order valence-corrected chi connectivity index (χ1v) is 22.2. The summed E-state index contributed by atoms with van der Waals surface area (Å²) in [6.07, 6.45) is 0. The van der Waals surface area contributed by atoms with E-state index in [2.05, 4.69) is 243 Å². The lowest BCUT2D eigenvalue weighted by molar-refractivity contribution is 1.62. The molecule has 0 bridgehead atoms. The predicted molar refractivity (Wildman–Crippen MR) is 276 cm³/mol. The summed E-state index contributed by atoms with van der Waals surface area (Å²) in [5.74, 6) is 0. The molecule has 0 aliphatic carbocycles. The molecule has 0 amide bonds. The summed E-state index contributed by atoms with van der Waals surface area (Å²) < 4.78 is 0. The predicted octanol–water partition coefficient (Wildman–Crippen LogP) is 18.1. The molecule has 13 rings (SSSR count). The van der Waals surface area contributed by atoms with Crippen molar-refractivity contribution < 1.29 is 0 Å². The van der Waals surface area contributed by atoms with Crippen LogP contribution in [0.2, 0.25) is 0 Å². The Labute approximate surface area is 371 Å². The second-order valence-electron chi connectivity index (χ2n) is 17.1. The van der Waals surface area contributed by atoms with Gasteiger partial charge in [0.1, 0.15) is 0 Å². The van der Waals surface area contributed by atoms with E-state index in [0.29, 0.717) is 0 Å². The van der Waals surface area contributed by atoms with Crippen molar-refractivity contribution in [1.82, 2.24) is 0 Å². The summed E-state index contributed by atoms with van der Waals surface area (Å²) in [5.41, 5.74) is 12.5. The Kier molecular flexibility index (Phi) is 8.32. The molecular weight excluding hydrogens is 769 g/mol. The van der Waals surface area contributed by atoms with Gasteiger partial charge in [-0.3, -0.25) is 0 Å². The Morgan fingerprint density at radius 2 is 0.500 bits per heavy atom. The second-order valence-corrected chi connectivity index (χ2v) is 17.1. The van der Waals surface area contributed by atoms with Gasteiger partial charge < -0.3 is 0 Å². The molecule has 0 fully saturated rings. The SMILES string of the molecule is c1cc(-c2ccc3cccc(-c4c5ccccc5c(-c5ccc6ccccc6c5)c5ccccc45)c3c2)cc(-c2c3ccccc3c(-c3cccc4ccccc34)c3ccccc23)c1. The molecule has 0 aromatic heterocycles. The van der Waals surface area contributed by atoms with E-state index in [9.17, 15) is 0 Å². The summed E-state index contributed by atoms with van der Waals surface area (Å²) in [6, 6.07) is 89.9. The largest absolute Gasteiger partial charge is 0.0616 e. The first-order chi connectivity index (χ1) is 31.8. The van der Waals surface area contributed by atoms with E-state index in [4.69, 9.17) is 0 Å². The van der Waals surface area contributed by atoms with E-state index < -0.39 is 0 Å². The minimum atomic E-state index is 1.20. The van der Waals surface area contributed by atoms with Gasteiger partial charge in [-0.15, -0.1) is 0 Å². The number of hydrogen-bond donors (Lipinski definition) is 0. The summed E-state index contributed by atoms with van der Waals surface area (Å²) >= 11 is 0. The fraction of sp³-hybridized carbons (Fsp3) is 0. The second kappa shape index (κ2) is 14.7. The highest BCUT2D eigenvalue weighted by atomic mass is 14.2. The minimum Gasteiger partial charge on any atom is -0.0616 e. The lowest BCUT2D eigenvalue weighted by Crippen LogP contribution is -1.92. The molecular formula is C64H40. The highest BCUT2D eigenvalue weighted by Crippen LogP contribution is 2.48. The van der Waals surface area contributed by atoms with Gasteiger partial charge in [0.05, 0.1) is 0 Å². The van der Waals surface area contributed by atoms with E-state index in [1.165, 1.54) is 131 Å². The van der Waals surface area contributed by atoms with E-state index >= 15 is 0 Å². The molecule has 0 aliphatic rings. The van der Waals surface area contributed by atoms with Gasteiger partial charge in [0.15, 0.2) is 0 Å². The van der Waals surface area contributed by atoms with Crippen molar-refractivity contribution in [3.63, 3.8) is 0 Å². The van der Waals surface area contributed by atoms with Crippen molar-refractivity contribution in [2.45, 2.75) is 0 Å². The zero-order valence-corrected chi connectivity index (χ0v) is 35.1. The van der Waals surface area contributed by atoms with Crippen LogP contribution in [-0.2, 0) is 0 Å². The third-order valence-electron chi connectivity index (χ3n) is 13.6. The molecule has 296 valence electrons. The number of rotatable bonds is 5. The molecule has 0 heteroatoms. The molecule has 0 heterocycles. The molecule has 0 radical (unpaired) electrons. The first-order valence-electron chi connectivity index (χ1n) is 22.2. The van der Waals surface area contributed by atoms with Crippen molar-refractivity contribution >= 4 is 75.4 Å². The lowest BCUT2D eigenvalue weighted by Gasteiger charge is -2.20. The molecule has 0 unspecified atom stereocenters. The maximum Gasteiger partial charge on any atom is -0.00201 e. The Morgan fingerprint density at radius 1 is 0.156 bits per heavy atom. The average molecular weight is 809 g/mol. The van der Waals surface area contributed by atoms with E-state index in [-0.39, 0.29) is 0 Å². The van der Waals surface area contributed by atoms with Gasteiger partial charge in [-0.1, -0.05) is 224 Å². The molecule has 0 saturated heterocycles. The normalized spacial score (nSPS) is 11.8. The number of fused-ring (bicyclic) bond motifs is 7. The third-order valence-corrected chi connectivity index (χ3v) is 13.6.